The molecule has 0 saturated heterocycles. The van der Waals surface area contributed by atoms with Gasteiger partial charge in [-0.15, -0.1) is 0 Å². The van der Waals surface area contributed by atoms with E-state index in [4.69, 9.17) is 4.42 Å². The van der Waals surface area contributed by atoms with E-state index in [9.17, 15) is 0 Å². The van der Waals surface area contributed by atoms with Gasteiger partial charge in [-0.1, -0.05) is 0 Å². The lowest BCUT2D eigenvalue weighted by Crippen LogP contribution is -2.25. The van der Waals surface area contributed by atoms with Crippen molar-refractivity contribution in [3.05, 3.63) is 18.6 Å². The molecule has 4 nitrogen and oxygen atoms in total. The number of furan rings is 1. The van der Waals surface area contributed by atoms with Gasteiger partial charge in [0, 0.05) is 17.1 Å². The first kappa shape index (κ1) is 10.2. The van der Waals surface area contributed by atoms with Crippen LogP contribution in [0, 0.1) is 0 Å². The Morgan fingerprint density at radius 3 is 2.80 bits per heavy atom. The molecule has 0 saturated carbocycles. The summed E-state index contributed by atoms with van der Waals surface area (Å²) in [6, 6.07) is 1.85. The van der Waals surface area contributed by atoms with Crippen LogP contribution in [-0.2, 0) is 0 Å². The van der Waals surface area contributed by atoms with Gasteiger partial charge in [0.25, 0.3) is 0 Å². The number of hydrogen-bond donors (Lipinski definition) is 1. The Balaban J connectivity index is 2.18. The maximum absolute atomic E-state index is 4.98. The molecule has 80 valence electrons. The fraction of sp³-hybridized carbons (Fsp3) is 0.400. The largest absolute Gasteiger partial charge is 0.472 e. The predicted molar refractivity (Wildman–Crippen MR) is 61.0 cm³/mol. The summed E-state index contributed by atoms with van der Waals surface area (Å²) in [7, 11) is 0. The quantitative estimate of drug-likeness (QED) is 0.850. The van der Waals surface area contributed by atoms with Crippen LogP contribution in [-0.4, -0.2) is 14.9 Å². The Morgan fingerprint density at radius 1 is 1.40 bits per heavy atom. The van der Waals surface area contributed by atoms with Gasteiger partial charge in [0.2, 0.25) is 5.13 Å². The summed E-state index contributed by atoms with van der Waals surface area (Å²) in [6.07, 6.45) is 3.26. The highest BCUT2D eigenvalue weighted by atomic mass is 32.1. The monoisotopic (exact) mass is 223 g/mol. The van der Waals surface area contributed by atoms with Crippen molar-refractivity contribution in [3.8, 4) is 11.4 Å². The lowest BCUT2D eigenvalue weighted by molar-refractivity contribution is 0.568. The summed E-state index contributed by atoms with van der Waals surface area (Å²) in [5.74, 6) is 0.709. The van der Waals surface area contributed by atoms with E-state index >= 15 is 0 Å². The van der Waals surface area contributed by atoms with Crippen molar-refractivity contribution < 1.29 is 4.42 Å². The van der Waals surface area contributed by atoms with Gasteiger partial charge in [0.1, 0.15) is 6.26 Å². The molecule has 0 radical (unpaired) electrons. The van der Waals surface area contributed by atoms with Crippen LogP contribution in [0.1, 0.15) is 20.8 Å². The molecule has 2 heterocycles. The molecule has 5 heteroatoms. The summed E-state index contributed by atoms with van der Waals surface area (Å²) in [6.45, 7) is 6.27. The number of anilines is 1. The second kappa shape index (κ2) is 3.66. The molecular weight excluding hydrogens is 210 g/mol. The van der Waals surface area contributed by atoms with Gasteiger partial charge in [-0.2, -0.15) is 9.36 Å². The van der Waals surface area contributed by atoms with Crippen LogP contribution in [0.15, 0.2) is 23.0 Å². The average molecular weight is 223 g/mol. The zero-order valence-electron chi connectivity index (χ0n) is 8.94. The fourth-order valence-electron chi connectivity index (χ4n) is 1.10. The topological polar surface area (TPSA) is 51.0 Å². The standard InChI is InChI=1S/C10H13N3OS/c1-10(2,3)12-9-11-8(13-15-9)7-4-5-14-6-7/h4-6H,1-3H3,(H,11,12,13). The number of nitrogens with zero attached hydrogens (tertiary/aromatic N) is 2. The van der Waals surface area contributed by atoms with Crippen molar-refractivity contribution in [2.24, 2.45) is 0 Å². The number of hydrogen-bond acceptors (Lipinski definition) is 5. The third kappa shape index (κ3) is 2.56. The highest BCUT2D eigenvalue weighted by molar-refractivity contribution is 7.09. The maximum Gasteiger partial charge on any atom is 0.203 e. The molecule has 0 spiro atoms. The van der Waals surface area contributed by atoms with Gasteiger partial charge < -0.3 is 9.73 Å². The summed E-state index contributed by atoms with van der Waals surface area (Å²) in [4.78, 5) is 4.37. The van der Waals surface area contributed by atoms with Crippen molar-refractivity contribution in [2.75, 3.05) is 5.32 Å². The van der Waals surface area contributed by atoms with Crippen molar-refractivity contribution in [1.82, 2.24) is 9.36 Å². The van der Waals surface area contributed by atoms with Gasteiger partial charge in [0.15, 0.2) is 5.82 Å². The number of aromatic nitrogens is 2. The minimum absolute atomic E-state index is 0.00714. The molecule has 0 aliphatic carbocycles. The smallest absolute Gasteiger partial charge is 0.203 e. The normalized spacial score (nSPS) is 11.7. The van der Waals surface area contributed by atoms with Gasteiger partial charge in [0.05, 0.1) is 11.8 Å². The minimum atomic E-state index is 0.00714. The van der Waals surface area contributed by atoms with E-state index in [-0.39, 0.29) is 5.54 Å². The molecule has 0 aromatic carbocycles. The van der Waals surface area contributed by atoms with Gasteiger partial charge >= 0.3 is 0 Å². The zero-order chi connectivity index (χ0) is 10.9. The molecule has 2 aromatic rings. The molecule has 0 aliphatic heterocycles. The van der Waals surface area contributed by atoms with E-state index in [1.165, 1.54) is 11.5 Å². The SMILES string of the molecule is CC(C)(C)Nc1nc(-c2ccoc2)ns1. The third-order valence-electron chi connectivity index (χ3n) is 1.69. The molecule has 0 aliphatic rings. The molecule has 0 fully saturated rings. The van der Waals surface area contributed by atoms with E-state index in [2.05, 4.69) is 35.4 Å². The lowest BCUT2D eigenvalue weighted by atomic mass is 10.1. The second-order valence-electron chi connectivity index (χ2n) is 4.31. The van der Waals surface area contributed by atoms with E-state index in [0.717, 1.165) is 10.7 Å². The molecule has 2 aromatic heterocycles. The average Bonchev–Trinajstić information content (AvgIpc) is 2.68. The maximum atomic E-state index is 4.98. The highest BCUT2D eigenvalue weighted by Gasteiger charge is 2.13. The van der Waals surface area contributed by atoms with Crippen molar-refractivity contribution in [3.63, 3.8) is 0 Å². The van der Waals surface area contributed by atoms with Gasteiger partial charge in [-0.05, 0) is 26.8 Å². The van der Waals surface area contributed by atoms with Crippen molar-refractivity contribution in [2.45, 2.75) is 26.3 Å². The summed E-state index contributed by atoms with van der Waals surface area (Å²) < 4.78 is 9.23. The van der Waals surface area contributed by atoms with Crippen molar-refractivity contribution >= 4 is 16.7 Å². The van der Waals surface area contributed by atoms with Crippen LogP contribution in [0.3, 0.4) is 0 Å². The third-order valence-corrected chi connectivity index (χ3v) is 2.32. The van der Waals surface area contributed by atoms with Crippen LogP contribution >= 0.6 is 11.5 Å². The predicted octanol–water partition coefficient (Wildman–Crippen LogP) is 3.01. The molecule has 0 amide bonds. The second-order valence-corrected chi connectivity index (χ2v) is 5.06. The highest BCUT2D eigenvalue weighted by Crippen LogP contribution is 2.23. The molecule has 1 N–H and O–H groups in total. The van der Waals surface area contributed by atoms with Crippen LogP contribution in [0.5, 0.6) is 0 Å². The fourth-order valence-corrected chi connectivity index (χ4v) is 1.90. The lowest BCUT2D eigenvalue weighted by Gasteiger charge is -2.18. The minimum Gasteiger partial charge on any atom is -0.472 e. The first-order valence-electron chi connectivity index (χ1n) is 4.69. The Kier molecular flexibility index (Phi) is 2.48. The first-order chi connectivity index (χ1) is 7.04. The van der Waals surface area contributed by atoms with Crippen molar-refractivity contribution in [1.29, 1.82) is 0 Å². The van der Waals surface area contributed by atoms with Crippen LogP contribution in [0.4, 0.5) is 5.13 Å². The zero-order valence-corrected chi connectivity index (χ0v) is 9.76. The Morgan fingerprint density at radius 2 is 2.20 bits per heavy atom. The Bertz CT molecular complexity index is 428. The Labute approximate surface area is 92.5 Å². The summed E-state index contributed by atoms with van der Waals surface area (Å²) >= 11 is 1.36. The first-order valence-corrected chi connectivity index (χ1v) is 5.46. The molecule has 2 rings (SSSR count). The number of rotatable bonds is 2. The molecule has 15 heavy (non-hydrogen) atoms. The van der Waals surface area contributed by atoms with E-state index < -0.39 is 0 Å². The Hall–Kier alpha value is -1.36. The van der Waals surface area contributed by atoms with E-state index in [0.29, 0.717) is 5.82 Å². The molecular formula is C10H13N3OS. The van der Waals surface area contributed by atoms with E-state index in [1.807, 2.05) is 6.07 Å². The number of nitrogens with one attached hydrogen (secondary N) is 1. The molecule has 0 atom stereocenters. The summed E-state index contributed by atoms with van der Waals surface area (Å²) in [5, 5.41) is 4.11. The van der Waals surface area contributed by atoms with Crippen LogP contribution < -0.4 is 5.32 Å². The van der Waals surface area contributed by atoms with E-state index in [1.54, 1.807) is 12.5 Å². The van der Waals surface area contributed by atoms with Crippen LogP contribution in [0.2, 0.25) is 0 Å². The summed E-state index contributed by atoms with van der Waals surface area (Å²) in [5.41, 5.74) is 0.918. The molecule has 0 bridgehead atoms. The van der Waals surface area contributed by atoms with Crippen LogP contribution in [0.25, 0.3) is 11.4 Å². The van der Waals surface area contributed by atoms with Gasteiger partial charge in [-0.3, -0.25) is 0 Å². The van der Waals surface area contributed by atoms with Gasteiger partial charge in [-0.25, -0.2) is 0 Å². The molecule has 0 unspecified atom stereocenters.